The number of fused-ring (bicyclic) bond motifs is 1. The number of nitrogens with one attached hydrogen (secondary N) is 1. The summed E-state index contributed by atoms with van der Waals surface area (Å²) in [6, 6.07) is 11.3. The molecule has 0 radical (unpaired) electrons. The normalized spacial score (nSPS) is 10.9. The maximum Gasteiger partial charge on any atom is 0.254 e. The summed E-state index contributed by atoms with van der Waals surface area (Å²) < 4.78 is 6.08. The van der Waals surface area contributed by atoms with E-state index in [0.29, 0.717) is 16.8 Å². The number of hydrogen-bond acceptors (Lipinski definition) is 2. The first-order chi connectivity index (χ1) is 9.63. The largest absolute Gasteiger partial charge is 0.452 e. The lowest BCUT2D eigenvalue weighted by atomic mass is 10.1. The van der Waals surface area contributed by atoms with Crippen molar-refractivity contribution in [1.29, 1.82) is 0 Å². The molecule has 20 heavy (non-hydrogen) atoms. The van der Waals surface area contributed by atoms with Gasteiger partial charge in [-0.3, -0.25) is 4.79 Å². The van der Waals surface area contributed by atoms with E-state index in [1.165, 1.54) is 0 Å². The molecule has 0 aliphatic heterocycles. The number of furan rings is 1. The number of carbonyl (C=O) groups is 1. The molecule has 1 aromatic carbocycles. The summed E-state index contributed by atoms with van der Waals surface area (Å²) >= 11 is 3.25. The Kier molecular flexibility index (Phi) is 3.36. The Balaban J connectivity index is 1.80. The van der Waals surface area contributed by atoms with Gasteiger partial charge >= 0.3 is 0 Å². The maximum absolute atomic E-state index is 12.4. The van der Waals surface area contributed by atoms with Crippen LogP contribution in [0.3, 0.4) is 0 Å². The van der Waals surface area contributed by atoms with E-state index in [0.717, 1.165) is 16.7 Å². The Morgan fingerprint density at radius 2 is 2.15 bits per heavy atom. The third-order valence-corrected chi connectivity index (χ3v) is 3.60. The summed E-state index contributed by atoms with van der Waals surface area (Å²) in [5, 5.41) is 1.03. The van der Waals surface area contributed by atoms with Crippen LogP contribution >= 0.6 is 15.9 Å². The minimum absolute atomic E-state index is 0.0272. The van der Waals surface area contributed by atoms with E-state index in [1.807, 2.05) is 42.6 Å². The summed E-state index contributed by atoms with van der Waals surface area (Å²) in [4.78, 5) is 17.1. The van der Waals surface area contributed by atoms with Crippen LogP contribution in [0.25, 0.3) is 10.9 Å². The van der Waals surface area contributed by atoms with Gasteiger partial charge in [0.15, 0.2) is 4.67 Å². The smallest absolute Gasteiger partial charge is 0.254 e. The summed E-state index contributed by atoms with van der Waals surface area (Å²) in [6.07, 6.45) is 1.86. The Labute approximate surface area is 124 Å². The number of hydrogen-bond donors (Lipinski definition) is 1. The van der Waals surface area contributed by atoms with Gasteiger partial charge in [0.05, 0.1) is 6.54 Å². The number of rotatable bonds is 3. The molecule has 0 fully saturated rings. The zero-order chi connectivity index (χ0) is 14.1. The van der Waals surface area contributed by atoms with Gasteiger partial charge < -0.3 is 14.3 Å². The molecule has 1 amide bonds. The Morgan fingerprint density at radius 1 is 1.30 bits per heavy atom. The highest BCUT2D eigenvalue weighted by molar-refractivity contribution is 9.10. The number of benzene rings is 1. The zero-order valence-corrected chi connectivity index (χ0v) is 12.5. The van der Waals surface area contributed by atoms with E-state index < -0.39 is 0 Å². The summed E-state index contributed by atoms with van der Waals surface area (Å²) in [5.74, 6) is 0.719. The molecule has 3 rings (SSSR count). The number of carbonyl (C=O) groups excluding carboxylic acids is 1. The lowest BCUT2D eigenvalue weighted by molar-refractivity contribution is 0.0775. The second-order valence-electron chi connectivity index (χ2n) is 4.65. The number of aromatic amines is 1. The molecule has 0 aliphatic rings. The monoisotopic (exact) mass is 332 g/mol. The van der Waals surface area contributed by atoms with Gasteiger partial charge in [-0.2, -0.15) is 0 Å². The van der Waals surface area contributed by atoms with Crippen molar-refractivity contribution in [2.45, 2.75) is 6.54 Å². The minimum Gasteiger partial charge on any atom is -0.452 e. The third kappa shape index (κ3) is 2.49. The van der Waals surface area contributed by atoms with Crippen LogP contribution in [0.4, 0.5) is 0 Å². The van der Waals surface area contributed by atoms with Gasteiger partial charge in [-0.05, 0) is 52.3 Å². The summed E-state index contributed by atoms with van der Waals surface area (Å²) in [7, 11) is 1.76. The zero-order valence-electron chi connectivity index (χ0n) is 10.9. The van der Waals surface area contributed by atoms with Crippen molar-refractivity contribution < 1.29 is 9.21 Å². The summed E-state index contributed by atoms with van der Waals surface area (Å²) in [6.45, 7) is 0.440. The second kappa shape index (κ2) is 5.17. The van der Waals surface area contributed by atoms with Crippen molar-refractivity contribution in [1.82, 2.24) is 9.88 Å². The van der Waals surface area contributed by atoms with Gasteiger partial charge in [0, 0.05) is 29.7 Å². The average molecular weight is 333 g/mol. The van der Waals surface area contributed by atoms with Crippen LogP contribution in [-0.2, 0) is 6.54 Å². The van der Waals surface area contributed by atoms with Gasteiger partial charge in [-0.15, -0.1) is 0 Å². The summed E-state index contributed by atoms with van der Waals surface area (Å²) in [5.41, 5.74) is 1.70. The number of aromatic nitrogens is 1. The van der Waals surface area contributed by atoms with Crippen molar-refractivity contribution >= 4 is 32.7 Å². The van der Waals surface area contributed by atoms with Gasteiger partial charge in [0.25, 0.3) is 5.91 Å². The fraction of sp³-hybridized carbons (Fsp3) is 0.133. The molecule has 102 valence electrons. The molecular weight excluding hydrogens is 320 g/mol. The number of amides is 1. The highest BCUT2D eigenvalue weighted by atomic mass is 79.9. The number of nitrogens with zero attached hydrogens (tertiary/aromatic N) is 1. The molecule has 5 heteroatoms. The Bertz CT molecular complexity index is 760. The van der Waals surface area contributed by atoms with E-state index in [4.69, 9.17) is 4.42 Å². The van der Waals surface area contributed by atoms with Crippen LogP contribution in [0, 0.1) is 0 Å². The fourth-order valence-corrected chi connectivity index (χ4v) is 2.49. The predicted molar refractivity (Wildman–Crippen MR) is 80.5 cm³/mol. The third-order valence-electron chi connectivity index (χ3n) is 3.17. The second-order valence-corrected chi connectivity index (χ2v) is 5.43. The van der Waals surface area contributed by atoms with Gasteiger partial charge in [-0.1, -0.05) is 0 Å². The average Bonchev–Trinajstić information content (AvgIpc) is 3.05. The number of H-pyrrole nitrogens is 1. The molecule has 0 saturated carbocycles. The highest BCUT2D eigenvalue weighted by Gasteiger charge is 2.14. The molecule has 0 bridgehead atoms. The molecule has 0 unspecified atom stereocenters. The van der Waals surface area contributed by atoms with Crippen LogP contribution in [0.15, 0.2) is 51.7 Å². The quantitative estimate of drug-likeness (QED) is 0.793. The molecule has 0 atom stereocenters. The van der Waals surface area contributed by atoms with Gasteiger partial charge in [-0.25, -0.2) is 0 Å². The SMILES string of the molecule is CN(Cc1ccc(Br)o1)C(=O)c1ccc2[nH]ccc2c1. The molecule has 0 spiro atoms. The molecule has 3 aromatic rings. The first-order valence-corrected chi connectivity index (χ1v) is 6.99. The lowest BCUT2D eigenvalue weighted by Gasteiger charge is -2.15. The van der Waals surface area contributed by atoms with Crippen LogP contribution in [0.5, 0.6) is 0 Å². The lowest BCUT2D eigenvalue weighted by Crippen LogP contribution is -2.25. The van der Waals surface area contributed by atoms with Crippen molar-refractivity contribution in [3.05, 3.63) is 58.6 Å². The molecule has 2 aromatic heterocycles. The van der Waals surface area contributed by atoms with Gasteiger partial charge in [0.1, 0.15) is 5.76 Å². The van der Waals surface area contributed by atoms with Crippen molar-refractivity contribution in [2.75, 3.05) is 7.05 Å². The Morgan fingerprint density at radius 3 is 2.90 bits per heavy atom. The van der Waals surface area contributed by atoms with E-state index in [2.05, 4.69) is 20.9 Å². The van der Waals surface area contributed by atoms with Crippen molar-refractivity contribution in [2.24, 2.45) is 0 Å². The minimum atomic E-state index is -0.0272. The van der Waals surface area contributed by atoms with E-state index in [-0.39, 0.29) is 5.91 Å². The van der Waals surface area contributed by atoms with Crippen LogP contribution in [-0.4, -0.2) is 22.8 Å². The molecular formula is C15H13BrN2O2. The van der Waals surface area contributed by atoms with E-state index in [1.54, 1.807) is 11.9 Å². The predicted octanol–water partition coefficient (Wildman–Crippen LogP) is 3.80. The van der Waals surface area contributed by atoms with Gasteiger partial charge in [0.2, 0.25) is 0 Å². The molecule has 2 heterocycles. The fourth-order valence-electron chi connectivity index (χ4n) is 2.15. The molecule has 0 aliphatic carbocycles. The topological polar surface area (TPSA) is 49.2 Å². The van der Waals surface area contributed by atoms with Crippen LogP contribution in [0.1, 0.15) is 16.1 Å². The first kappa shape index (κ1) is 13.0. The highest BCUT2D eigenvalue weighted by Crippen LogP contribution is 2.18. The van der Waals surface area contributed by atoms with Crippen molar-refractivity contribution in [3.8, 4) is 0 Å². The standard InChI is InChI=1S/C15H13BrN2O2/c1-18(9-12-3-5-14(16)20-12)15(19)11-2-4-13-10(8-11)6-7-17-13/h2-8,17H,9H2,1H3. The van der Waals surface area contributed by atoms with E-state index in [9.17, 15) is 4.79 Å². The Hall–Kier alpha value is -2.01. The maximum atomic E-state index is 12.4. The molecule has 0 saturated heterocycles. The van der Waals surface area contributed by atoms with Crippen LogP contribution < -0.4 is 0 Å². The number of halogens is 1. The molecule has 4 nitrogen and oxygen atoms in total. The first-order valence-electron chi connectivity index (χ1n) is 6.20. The molecule has 1 N–H and O–H groups in total. The van der Waals surface area contributed by atoms with Crippen LogP contribution in [0.2, 0.25) is 0 Å². The van der Waals surface area contributed by atoms with E-state index >= 15 is 0 Å². The van der Waals surface area contributed by atoms with Crippen molar-refractivity contribution in [3.63, 3.8) is 0 Å².